The summed E-state index contributed by atoms with van der Waals surface area (Å²) in [6.45, 7) is 11.8. The number of hydrogen-bond donors (Lipinski definition) is 2. The van der Waals surface area contributed by atoms with Gasteiger partial charge in [0, 0.05) is 29.9 Å². The molecule has 0 aromatic heterocycles. The Kier molecular flexibility index (Phi) is 8.63. The van der Waals surface area contributed by atoms with Gasteiger partial charge < -0.3 is 15.5 Å². The molecular formula is C29H34FN3O2. The van der Waals surface area contributed by atoms with Crippen LogP contribution in [0, 0.1) is 24.6 Å². The van der Waals surface area contributed by atoms with Crippen molar-refractivity contribution < 1.29 is 14.0 Å². The van der Waals surface area contributed by atoms with Crippen molar-refractivity contribution >= 4 is 29.4 Å². The van der Waals surface area contributed by atoms with Crippen LogP contribution in [0.1, 0.15) is 43.6 Å². The Hall–Kier alpha value is -3.67. The number of benzene rings is 3. The molecule has 0 saturated heterocycles. The summed E-state index contributed by atoms with van der Waals surface area (Å²) in [5.41, 5.74) is 3.51. The SMILES string of the molecule is Cc1ccc(NC(=O)Nc2c(N(CC(C)C)CC(C)C)ccc(-c3ccccc3C=O)c2F)cc1. The molecule has 0 fully saturated rings. The highest BCUT2D eigenvalue weighted by Gasteiger charge is 2.23. The third-order valence-corrected chi connectivity index (χ3v) is 5.56. The molecule has 0 spiro atoms. The van der Waals surface area contributed by atoms with Crippen molar-refractivity contribution in [2.24, 2.45) is 11.8 Å². The summed E-state index contributed by atoms with van der Waals surface area (Å²) in [4.78, 5) is 26.7. The fraction of sp³-hybridized carbons (Fsp3) is 0.310. The maximum absolute atomic E-state index is 16.1. The Labute approximate surface area is 207 Å². The highest BCUT2D eigenvalue weighted by Crippen LogP contribution is 2.37. The molecule has 0 atom stereocenters. The Morgan fingerprint density at radius 1 is 0.886 bits per heavy atom. The molecular weight excluding hydrogens is 441 g/mol. The second-order valence-corrected chi connectivity index (χ2v) is 9.66. The third kappa shape index (κ3) is 6.69. The summed E-state index contributed by atoms with van der Waals surface area (Å²) in [5.74, 6) is 0.0939. The Bertz CT molecular complexity index is 1160. The van der Waals surface area contributed by atoms with Gasteiger partial charge in [0.15, 0.2) is 12.1 Å². The van der Waals surface area contributed by atoms with E-state index in [-0.39, 0.29) is 11.3 Å². The molecule has 184 valence electrons. The largest absolute Gasteiger partial charge is 0.369 e. The fourth-order valence-electron chi connectivity index (χ4n) is 4.07. The standard InChI is InChI=1S/C29H34FN3O2/c1-19(2)16-33(17-20(3)4)26-15-14-25(24-9-7-6-8-22(24)18-34)27(30)28(26)32-29(35)31-23-12-10-21(5)11-13-23/h6-15,18-20H,16-17H2,1-5H3,(H2,31,32,35). The number of nitrogens with zero attached hydrogens (tertiary/aromatic N) is 1. The normalized spacial score (nSPS) is 11.0. The molecule has 6 heteroatoms. The number of carbonyl (C=O) groups excluding carboxylic acids is 2. The van der Waals surface area contributed by atoms with Crippen LogP contribution < -0.4 is 15.5 Å². The molecule has 0 aliphatic carbocycles. The number of aryl methyl sites for hydroxylation is 1. The van der Waals surface area contributed by atoms with E-state index in [2.05, 4.69) is 43.2 Å². The van der Waals surface area contributed by atoms with Crippen LogP contribution in [0.15, 0.2) is 60.7 Å². The fourth-order valence-corrected chi connectivity index (χ4v) is 4.07. The molecule has 2 N–H and O–H groups in total. The number of halogens is 1. The maximum Gasteiger partial charge on any atom is 0.323 e. The van der Waals surface area contributed by atoms with Gasteiger partial charge in [-0.1, -0.05) is 69.7 Å². The minimum atomic E-state index is -0.576. The van der Waals surface area contributed by atoms with Crippen LogP contribution in [-0.2, 0) is 0 Å². The number of anilines is 3. The quantitative estimate of drug-likeness (QED) is 0.318. The van der Waals surface area contributed by atoms with Crippen LogP contribution >= 0.6 is 0 Å². The first-order chi connectivity index (χ1) is 16.7. The smallest absolute Gasteiger partial charge is 0.323 e. The molecule has 0 aliphatic rings. The Morgan fingerprint density at radius 2 is 1.51 bits per heavy atom. The topological polar surface area (TPSA) is 61.4 Å². The lowest BCUT2D eigenvalue weighted by Gasteiger charge is -2.31. The van der Waals surface area contributed by atoms with Crippen molar-refractivity contribution in [2.75, 3.05) is 28.6 Å². The summed E-state index contributed by atoms with van der Waals surface area (Å²) < 4.78 is 16.1. The van der Waals surface area contributed by atoms with E-state index in [1.54, 1.807) is 42.5 Å². The van der Waals surface area contributed by atoms with Gasteiger partial charge in [0.2, 0.25) is 0 Å². The van der Waals surface area contributed by atoms with Gasteiger partial charge in [0.1, 0.15) is 5.69 Å². The van der Waals surface area contributed by atoms with E-state index in [9.17, 15) is 9.59 Å². The van der Waals surface area contributed by atoms with Crippen molar-refractivity contribution in [1.29, 1.82) is 0 Å². The molecule has 0 bridgehead atoms. The van der Waals surface area contributed by atoms with Crippen LogP contribution in [-0.4, -0.2) is 25.4 Å². The Balaban J connectivity index is 2.08. The van der Waals surface area contributed by atoms with Gasteiger partial charge in [-0.25, -0.2) is 9.18 Å². The number of carbonyl (C=O) groups is 2. The van der Waals surface area contributed by atoms with Crippen LogP contribution in [0.4, 0.5) is 26.2 Å². The van der Waals surface area contributed by atoms with E-state index in [4.69, 9.17) is 0 Å². The van der Waals surface area contributed by atoms with Gasteiger partial charge in [-0.2, -0.15) is 0 Å². The number of amides is 2. The van der Waals surface area contributed by atoms with Gasteiger partial charge >= 0.3 is 6.03 Å². The average molecular weight is 476 g/mol. The second kappa shape index (κ2) is 11.6. The van der Waals surface area contributed by atoms with Gasteiger partial charge in [-0.15, -0.1) is 0 Å². The average Bonchev–Trinajstić information content (AvgIpc) is 2.81. The van der Waals surface area contributed by atoms with Crippen molar-refractivity contribution in [2.45, 2.75) is 34.6 Å². The lowest BCUT2D eigenvalue weighted by atomic mass is 9.98. The molecule has 0 heterocycles. The summed E-state index contributed by atoms with van der Waals surface area (Å²) in [7, 11) is 0. The third-order valence-electron chi connectivity index (χ3n) is 5.56. The van der Waals surface area contributed by atoms with Gasteiger partial charge in [-0.3, -0.25) is 4.79 Å². The second-order valence-electron chi connectivity index (χ2n) is 9.66. The predicted molar refractivity (Wildman–Crippen MR) is 143 cm³/mol. The van der Waals surface area contributed by atoms with E-state index in [0.29, 0.717) is 53.7 Å². The highest BCUT2D eigenvalue weighted by molar-refractivity contribution is 6.03. The van der Waals surface area contributed by atoms with Crippen LogP contribution in [0.3, 0.4) is 0 Å². The zero-order valence-corrected chi connectivity index (χ0v) is 21.1. The molecule has 0 unspecified atom stereocenters. The first-order valence-corrected chi connectivity index (χ1v) is 12.0. The van der Waals surface area contributed by atoms with Crippen molar-refractivity contribution in [3.8, 4) is 11.1 Å². The highest BCUT2D eigenvalue weighted by atomic mass is 19.1. The molecule has 2 amide bonds. The Morgan fingerprint density at radius 3 is 2.11 bits per heavy atom. The number of nitrogens with one attached hydrogen (secondary N) is 2. The van der Waals surface area contributed by atoms with Gasteiger partial charge in [-0.05, 0) is 48.6 Å². The molecule has 0 radical (unpaired) electrons. The lowest BCUT2D eigenvalue weighted by Crippen LogP contribution is -2.33. The summed E-state index contributed by atoms with van der Waals surface area (Å²) in [6, 6.07) is 17.2. The van der Waals surface area contributed by atoms with E-state index in [0.717, 1.165) is 5.56 Å². The number of rotatable bonds is 9. The van der Waals surface area contributed by atoms with Crippen LogP contribution in [0.5, 0.6) is 0 Å². The molecule has 3 rings (SSSR count). The molecule has 3 aromatic rings. The predicted octanol–water partition coefficient (Wildman–Crippen LogP) is 7.38. The van der Waals surface area contributed by atoms with Gasteiger partial charge in [0.05, 0.1) is 5.69 Å². The summed E-state index contributed by atoms with van der Waals surface area (Å²) >= 11 is 0. The van der Waals surface area contributed by atoms with Crippen molar-refractivity contribution in [1.82, 2.24) is 0 Å². The molecule has 0 aliphatic heterocycles. The zero-order chi connectivity index (χ0) is 25.5. The molecule has 0 saturated carbocycles. The number of urea groups is 1. The molecule has 35 heavy (non-hydrogen) atoms. The minimum Gasteiger partial charge on any atom is -0.369 e. The summed E-state index contributed by atoms with van der Waals surface area (Å²) in [5, 5.41) is 5.54. The molecule has 3 aromatic carbocycles. The van der Waals surface area contributed by atoms with Crippen LogP contribution in [0.2, 0.25) is 0 Å². The number of aldehydes is 1. The lowest BCUT2D eigenvalue weighted by molar-refractivity contribution is 0.112. The monoisotopic (exact) mass is 475 g/mol. The van der Waals surface area contributed by atoms with Crippen molar-refractivity contribution in [3.05, 3.63) is 77.6 Å². The van der Waals surface area contributed by atoms with E-state index < -0.39 is 11.8 Å². The van der Waals surface area contributed by atoms with E-state index in [1.165, 1.54) is 0 Å². The number of hydrogen-bond acceptors (Lipinski definition) is 3. The van der Waals surface area contributed by atoms with Gasteiger partial charge in [0.25, 0.3) is 0 Å². The maximum atomic E-state index is 16.1. The molecule has 5 nitrogen and oxygen atoms in total. The zero-order valence-electron chi connectivity index (χ0n) is 21.1. The first kappa shape index (κ1) is 25.9. The van der Waals surface area contributed by atoms with Crippen molar-refractivity contribution in [3.63, 3.8) is 0 Å². The summed E-state index contributed by atoms with van der Waals surface area (Å²) in [6.07, 6.45) is 0.712. The minimum absolute atomic E-state index is 0.0918. The van der Waals surface area contributed by atoms with Crippen LogP contribution in [0.25, 0.3) is 11.1 Å². The van der Waals surface area contributed by atoms with E-state index >= 15 is 4.39 Å². The first-order valence-electron chi connectivity index (χ1n) is 12.0. The van der Waals surface area contributed by atoms with E-state index in [1.807, 2.05) is 25.1 Å².